The number of aliphatic hydroxyl groups is 1. The molecule has 1 saturated carbocycles. The highest BCUT2D eigenvalue weighted by atomic mass is 16.5. The van der Waals surface area contributed by atoms with Crippen molar-refractivity contribution in [3.05, 3.63) is 35.9 Å². The number of carbonyl (C=O) groups excluding carboxylic acids is 1. The maximum Gasteiger partial charge on any atom is 0.407 e. The lowest BCUT2D eigenvalue weighted by atomic mass is 9.81. The third-order valence-electron chi connectivity index (χ3n) is 4.49. The van der Waals surface area contributed by atoms with Crippen molar-refractivity contribution in [1.29, 1.82) is 0 Å². The monoisotopic (exact) mass is 320 g/mol. The number of ether oxygens (including phenoxy) is 1. The van der Waals surface area contributed by atoms with E-state index in [4.69, 9.17) is 10.5 Å². The molecule has 0 aromatic heterocycles. The number of rotatable bonds is 7. The van der Waals surface area contributed by atoms with Crippen LogP contribution in [0.25, 0.3) is 0 Å². The van der Waals surface area contributed by atoms with E-state index in [9.17, 15) is 9.90 Å². The zero-order valence-corrected chi connectivity index (χ0v) is 13.6. The normalized spacial score (nSPS) is 24.2. The summed E-state index contributed by atoms with van der Waals surface area (Å²) in [5.41, 5.74) is 6.88. The van der Waals surface area contributed by atoms with Crippen LogP contribution in [-0.2, 0) is 11.3 Å². The first kappa shape index (κ1) is 17.8. The third-order valence-corrected chi connectivity index (χ3v) is 4.49. The largest absolute Gasteiger partial charge is 0.445 e. The van der Waals surface area contributed by atoms with Crippen molar-refractivity contribution in [1.82, 2.24) is 5.32 Å². The lowest BCUT2D eigenvalue weighted by Crippen LogP contribution is -2.40. The molecule has 1 aromatic carbocycles. The first-order chi connectivity index (χ1) is 11.1. The predicted octanol–water partition coefficient (Wildman–Crippen LogP) is 2.57. The molecule has 4 N–H and O–H groups in total. The van der Waals surface area contributed by atoms with Crippen LogP contribution in [0.4, 0.5) is 4.79 Å². The van der Waals surface area contributed by atoms with E-state index in [1.54, 1.807) is 0 Å². The smallest absolute Gasteiger partial charge is 0.407 e. The van der Waals surface area contributed by atoms with Crippen molar-refractivity contribution < 1.29 is 14.6 Å². The Morgan fingerprint density at radius 1 is 1.26 bits per heavy atom. The van der Waals surface area contributed by atoms with Crippen LogP contribution in [0.3, 0.4) is 0 Å². The Kier molecular flexibility index (Phi) is 7.36. The summed E-state index contributed by atoms with van der Waals surface area (Å²) >= 11 is 0. The molecule has 5 heteroatoms. The van der Waals surface area contributed by atoms with Crippen LogP contribution >= 0.6 is 0 Å². The summed E-state index contributed by atoms with van der Waals surface area (Å²) in [7, 11) is 0. The number of carbonyl (C=O) groups is 1. The Bertz CT molecular complexity index is 467. The molecule has 0 unspecified atom stereocenters. The van der Waals surface area contributed by atoms with E-state index in [1.807, 2.05) is 30.3 Å². The highest BCUT2D eigenvalue weighted by Crippen LogP contribution is 2.27. The predicted molar refractivity (Wildman–Crippen MR) is 89.8 cm³/mol. The second-order valence-electron chi connectivity index (χ2n) is 6.39. The Hall–Kier alpha value is -1.59. The Labute approximate surface area is 138 Å². The average molecular weight is 320 g/mol. The SMILES string of the molecule is N[C@H]1C[C@@H](CCCCNC(=O)OCc2ccccc2)CC[C@@H]1O. The summed E-state index contributed by atoms with van der Waals surface area (Å²) in [5.74, 6) is 0.610. The average Bonchev–Trinajstić information content (AvgIpc) is 2.57. The minimum Gasteiger partial charge on any atom is -0.445 e. The van der Waals surface area contributed by atoms with Gasteiger partial charge in [0.05, 0.1) is 6.10 Å². The summed E-state index contributed by atoms with van der Waals surface area (Å²) in [5, 5.41) is 12.4. The molecule has 1 aromatic rings. The molecule has 2 rings (SSSR count). The van der Waals surface area contributed by atoms with Gasteiger partial charge in [0.25, 0.3) is 0 Å². The molecule has 128 valence electrons. The molecule has 3 atom stereocenters. The van der Waals surface area contributed by atoms with Gasteiger partial charge in [0, 0.05) is 12.6 Å². The van der Waals surface area contributed by atoms with Gasteiger partial charge in [-0.1, -0.05) is 43.2 Å². The molecule has 1 aliphatic rings. The zero-order valence-electron chi connectivity index (χ0n) is 13.6. The van der Waals surface area contributed by atoms with Gasteiger partial charge in [-0.25, -0.2) is 4.79 Å². The van der Waals surface area contributed by atoms with Crippen LogP contribution in [0.2, 0.25) is 0 Å². The van der Waals surface area contributed by atoms with Crippen molar-refractivity contribution in [3.63, 3.8) is 0 Å². The number of nitrogens with two attached hydrogens (primary N) is 1. The number of nitrogens with one attached hydrogen (secondary N) is 1. The van der Waals surface area contributed by atoms with Crippen molar-refractivity contribution in [3.8, 4) is 0 Å². The van der Waals surface area contributed by atoms with E-state index >= 15 is 0 Å². The summed E-state index contributed by atoms with van der Waals surface area (Å²) < 4.78 is 5.16. The molecule has 0 aliphatic heterocycles. The molecular formula is C18H28N2O3. The van der Waals surface area contributed by atoms with Crippen molar-refractivity contribution in [2.45, 2.75) is 57.3 Å². The maximum absolute atomic E-state index is 11.6. The molecule has 0 spiro atoms. The number of hydrogen-bond acceptors (Lipinski definition) is 4. The fourth-order valence-electron chi connectivity index (χ4n) is 3.07. The standard InChI is InChI=1S/C18H28N2O3/c19-16-12-14(9-10-17(16)21)6-4-5-11-20-18(22)23-13-15-7-2-1-3-8-15/h1-3,7-8,14,16-17,21H,4-6,9-13,19H2,(H,20,22)/t14-,16-,17-/m0/s1. The minimum absolute atomic E-state index is 0.0696. The van der Waals surface area contributed by atoms with Crippen LogP contribution in [-0.4, -0.2) is 29.9 Å². The van der Waals surface area contributed by atoms with E-state index in [-0.39, 0.29) is 18.2 Å². The quantitative estimate of drug-likeness (QED) is 0.674. The van der Waals surface area contributed by atoms with E-state index in [2.05, 4.69) is 5.32 Å². The molecule has 1 aliphatic carbocycles. The van der Waals surface area contributed by atoms with Gasteiger partial charge in [0.2, 0.25) is 0 Å². The van der Waals surface area contributed by atoms with Crippen molar-refractivity contribution in [2.24, 2.45) is 11.7 Å². The molecular weight excluding hydrogens is 292 g/mol. The Morgan fingerprint density at radius 2 is 2.04 bits per heavy atom. The van der Waals surface area contributed by atoms with Gasteiger partial charge >= 0.3 is 6.09 Å². The van der Waals surface area contributed by atoms with Gasteiger partial charge in [-0.05, 0) is 37.2 Å². The van der Waals surface area contributed by atoms with Gasteiger partial charge in [0.15, 0.2) is 0 Å². The van der Waals surface area contributed by atoms with Crippen LogP contribution in [0.1, 0.15) is 44.1 Å². The van der Waals surface area contributed by atoms with Crippen LogP contribution in [0.15, 0.2) is 30.3 Å². The molecule has 0 heterocycles. The summed E-state index contributed by atoms with van der Waals surface area (Å²) in [4.78, 5) is 11.6. The topological polar surface area (TPSA) is 84.6 Å². The van der Waals surface area contributed by atoms with Crippen molar-refractivity contribution in [2.75, 3.05) is 6.54 Å². The number of benzene rings is 1. The van der Waals surface area contributed by atoms with Gasteiger partial charge in [-0.2, -0.15) is 0 Å². The van der Waals surface area contributed by atoms with Gasteiger partial charge in [-0.15, -0.1) is 0 Å². The zero-order chi connectivity index (χ0) is 16.5. The molecule has 1 fully saturated rings. The van der Waals surface area contributed by atoms with Gasteiger partial charge in [0.1, 0.15) is 6.61 Å². The Morgan fingerprint density at radius 3 is 2.78 bits per heavy atom. The number of aliphatic hydroxyl groups excluding tert-OH is 1. The van der Waals surface area contributed by atoms with E-state index in [1.165, 1.54) is 0 Å². The minimum atomic E-state index is -0.364. The van der Waals surface area contributed by atoms with Gasteiger partial charge in [-0.3, -0.25) is 0 Å². The van der Waals surface area contributed by atoms with E-state index < -0.39 is 0 Å². The second kappa shape index (κ2) is 9.53. The van der Waals surface area contributed by atoms with Crippen molar-refractivity contribution >= 4 is 6.09 Å². The molecule has 1 amide bonds. The van der Waals surface area contributed by atoms with Gasteiger partial charge < -0.3 is 20.9 Å². The summed E-state index contributed by atoms with van der Waals surface area (Å²) in [6, 6.07) is 9.57. The molecule has 0 saturated heterocycles. The molecule has 0 radical (unpaired) electrons. The molecule has 0 bridgehead atoms. The van der Waals surface area contributed by atoms with E-state index in [0.717, 1.165) is 44.1 Å². The maximum atomic E-state index is 11.6. The Balaban J connectivity index is 1.49. The fourth-order valence-corrected chi connectivity index (χ4v) is 3.07. The number of hydrogen-bond donors (Lipinski definition) is 3. The van der Waals surface area contributed by atoms with Crippen LogP contribution in [0.5, 0.6) is 0 Å². The van der Waals surface area contributed by atoms with Crippen LogP contribution < -0.4 is 11.1 Å². The number of alkyl carbamates (subject to hydrolysis) is 1. The number of amides is 1. The summed E-state index contributed by atoms with van der Waals surface area (Å²) in [6.45, 7) is 0.935. The first-order valence-corrected chi connectivity index (χ1v) is 8.53. The first-order valence-electron chi connectivity index (χ1n) is 8.53. The lowest BCUT2D eigenvalue weighted by Gasteiger charge is -2.30. The highest BCUT2D eigenvalue weighted by Gasteiger charge is 2.25. The van der Waals surface area contributed by atoms with Crippen LogP contribution in [0, 0.1) is 5.92 Å². The van der Waals surface area contributed by atoms with E-state index in [0.29, 0.717) is 19.1 Å². The third kappa shape index (κ3) is 6.59. The second-order valence-corrected chi connectivity index (χ2v) is 6.39. The highest BCUT2D eigenvalue weighted by molar-refractivity contribution is 5.67. The number of unbranched alkanes of at least 4 members (excludes halogenated alkanes) is 1. The molecule has 5 nitrogen and oxygen atoms in total. The fraction of sp³-hybridized carbons (Fsp3) is 0.611. The molecule has 23 heavy (non-hydrogen) atoms. The lowest BCUT2D eigenvalue weighted by molar-refractivity contribution is 0.0840. The summed E-state index contributed by atoms with van der Waals surface area (Å²) in [6.07, 6.45) is 5.21.